The topological polar surface area (TPSA) is 105 Å². The van der Waals surface area contributed by atoms with Gasteiger partial charge in [-0.15, -0.1) is 0 Å². The molecule has 2 aromatic heterocycles. The van der Waals surface area contributed by atoms with Crippen LogP contribution in [0.4, 0.5) is 22.0 Å². The molecule has 15 heteroatoms. The molecule has 2 fully saturated rings. The second-order valence-electron chi connectivity index (χ2n) is 10.7. The molecule has 2 aliphatic rings. The van der Waals surface area contributed by atoms with Crippen LogP contribution in [0.5, 0.6) is 0 Å². The Bertz CT molecular complexity index is 1300. The number of pyridine rings is 1. The van der Waals surface area contributed by atoms with Gasteiger partial charge in [0.1, 0.15) is 0 Å². The molecule has 2 heterocycles. The largest absolute Gasteiger partial charge is 0.481 e. The number of Topliss-reactive ketones (excluding diaryl/α,β-unsaturated/α-hetero) is 1. The lowest BCUT2D eigenvalue weighted by Crippen LogP contribution is -2.46. The van der Waals surface area contributed by atoms with Crippen LogP contribution >= 0.6 is 23.2 Å². The molecule has 0 spiro atoms. The van der Waals surface area contributed by atoms with Crippen molar-refractivity contribution in [3.8, 4) is 0 Å². The molecule has 0 unspecified atom stereocenters. The number of halogens is 7. The van der Waals surface area contributed by atoms with E-state index in [9.17, 15) is 41.4 Å². The monoisotopic (exact) mass is 610 g/mol. The standard InChI is InChI=1S/C25H25Cl2F5N4O4/c1-23(22(39)40)4-2-14(3-5-23)36-20(25(30,31)32)15(8-34-36)21(38)35(11-13-6-24(28,29)7-13)12-18(37)19-16(26)9-33-10-17(19)27/h8-10,13-14H,2-7,11-12H2,1H3,(H,39,40)/t14-,23-. The zero-order chi connectivity index (χ0) is 29.6. The highest BCUT2D eigenvalue weighted by atomic mass is 35.5. The van der Waals surface area contributed by atoms with Gasteiger partial charge in [0, 0.05) is 31.8 Å². The number of nitrogens with zero attached hydrogens (tertiary/aromatic N) is 4. The van der Waals surface area contributed by atoms with E-state index in [0.717, 1.165) is 23.5 Å². The summed E-state index contributed by atoms with van der Waals surface area (Å²) in [6.45, 7) is 0.352. The van der Waals surface area contributed by atoms with E-state index in [0.29, 0.717) is 4.68 Å². The number of aliphatic carboxylic acids is 1. The van der Waals surface area contributed by atoms with E-state index in [1.54, 1.807) is 0 Å². The van der Waals surface area contributed by atoms with Gasteiger partial charge in [-0.1, -0.05) is 23.2 Å². The first-order chi connectivity index (χ1) is 18.5. The molecular weight excluding hydrogens is 586 g/mol. The van der Waals surface area contributed by atoms with E-state index in [2.05, 4.69) is 10.1 Å². The van der Waals surface area contributed by atoms with Crippen molar-refractivity contribution in [3.05, 3.63) is 45.5 Å². The van der Waals surface area contributed by atoms with Crippen molar-refractivity contribution in [2.45, 2.75) is 63.6 Å². The van der Waals surface area contributed by atoms with Crippen LogP contribution in [0, 0.1) is 11.3 Å². The van der Waals surface area contributed by atoms with Gasteiger partial charge >= 0.3 is 12.1 Å². The molecule has 1 amide bonds. The van der Waals surface area contributed by atoms with Crippen molar-refractivity contribution in [2.75, 3.05) is 13.1 Å². The third-order valence-corrected chi connectivity index (χ3v) is 8.20. The number of carboxylic acids is 1. The highest BCUT2D eigenvalue weighted by Gasteiger charge is 2.48. The van der Waals surface area contributed by atoms with Gasteiger partial charge in [-0.05, 0) is 38.5 Å². The van der Waals surface area contributed by atoms with Gasteiger partial charge < -0.3 is 10.0 Å². The normalized spacial score (nSPS) is 22.9. The van der Waals surface area contributed by atoms with Gasteiger partial charge in [0.25, 0.3) is 5.91 Å². The quantitative estimate of drug-likeness (QED) is 0.283. The fourth-order valence-electron chi connectivity index (χ4n) is 5.32. The second-order valence-corrected chi connectivity index (χ2v) is 11.5. The Morgan fingerprint density at radius 3 is 2.17 bits per heavy atom. The van der Waals surface area contributed by atoms with Crippen LogP contribution in [0.2, 0.25) is 10.0 Å². The van der Waals surface area contributed by atoms with Crippen molar-refractivity contribution in [1.82, 2.24) is 19.7 Å². The second kappa shape index (κ2) is 10.9. The van der Waals surface area contributed by atoms with Crippen molar-refractivity contribution >= 4 is 40.9 Å². The average molecular weight is 611 g/mol. The lowest BCUT2D eigenvalue weighted by molar-refractivity contribution is -0.152. The maximum absolute atomic E-state index is 14.3. The van der Waals surface area contributed by atoms with Crippen LogP contribution in [0.15, 0.2) is 18.6 Å². The number of hydrogen-bond donors (Lipinski definition) is 1. The lowest BCUT2D eigenvalue weighted by atomic mass is 9.74. The molecule has 0 radical (unpaired) electrons. The highest BCUT2D eigenvalue weighted by Crippen LogP contribution is 2.45. The minimum Gasteiger partial charge on any atom is -0.481 e. The van der Waals surface area contributed by atoms with Crippen molar-refractivity contribution in [3.63, 3.8) is 0 Å². The number of amides is 1. The smallest absolute Gasteiger partial charge is 0.433 e. The number of ketones is 1. The molecule has 4 rings (SSSR count). The SMILES string of the molecule is C[C@]1(C(=O)O)CC[C@H](n2ncc(C(=O)N(CC(=O)c3c(Cl)cncc3Cl)CC3CC(F)(F)C3)c2C(F)(F)F)CC1. The lowest BCUT2D eigenvalue weighted by Gasteiger charge is -2.38. The van der Waals surface area contributed by atoms with Gasteiger partial charge in [-0.2, -0.15) is 18.3 Å². The van der Waals surface area contributed by atoms with Crippen LogP contribution in [0.25, 0.3) is 0 Å². The van der Waals surface area contributed by atoms with Crippen LogP contribution in [-0.2, 0) is 11.0 Å². The summed E-state index contributed by atoms with van der Waals surface area (Å²) in [6, 6.07) is -0.819. The van der Waals surface area contributed by atoms with Crippen molar-refractivity contribution in [1.29, 1.82) is 0 Å². The maximum atomic E-state index is 14.3. The fraction of sp³-hybridized carbons (Fsp3) is 0.560. The summed E-state index contributed by atoms with van der Waals surface area (Å²) < 4.78 is 70.7. The molecule has 0 bridgehead atoms. The summed E-state index contributed by atoms with van der Waals surface area (Å²) in [5.74, 6) is -6.78. The van der Waals surface area contributed by atoms with Gasteiger partial charge in [0.2, 0.25) is 5.92 Å². The molecule has 218 valence electrons. The molecule has 2 aliphatic carbocycles. The molecule has 1 N–H and O–H groups in total. The molecule has 2 saturated carbocycles. The summed E-state index contributed by atoms with van der Waals surface area (Å²) in [7, 11) is 0. The van der Waals surface area contributed by atoms with Gasteiger partial charge in [0.05, 0.1) is 45.4 Å². The minimum absolute atomic E-state index is 0.0829. The average Bonchev–Trinajstić information content (AvgIpc) is 3.28. The zero-order valence-corrected chi connectivity index (χ0v) is 22.7. The van der Waals surface area contributed by atoms with Crippen molar-refractivity contribution in [2.24, 2.45) is 11.3 Å². The third-order valence-electron chi connectivity index (χ3n) is 7.62. The minimum atomic E-state index is -5.04. The van der Waals surface area contributed by atoms with Crippen LogP contribution < -0.4 is 0 Å². The van der Waals surface area contributed by atoms with E-state index in [1.165, 1.54) is 6.92 Å². The Kier molecular flexibility index (Phi) is 8.21. The number of carboxylic acid groups (broad SMARTS) is 1. The van der Waals surface area contributed by atoms with Crippen molar-refractivity contribution < 1.29 is 41.4 Å². The maximum Gasteiger partial charge on any atom is 0.433 e. The first-order valence-electron chi connectivity index (χ1n) is 12.4. The first kappa shape index (κ1) is 30.2. The van der Waals surface area contributed by atoms with Gasteiger partial charge in [0.15, 0.2) is 11.5 Å². The number of alkyl halides is 5. The molecule has 0 saturated heterocycles. The predicted molar refractivity (Wildman–Crippen MR) is 133 cm³/mol. The number of carbonyl (C=O) groups excluding carboxylic acids is 2. The number of aromatic nitrogens is 3. The van der Waals surface area contributed by atoms with Crippen LogP contribution in [0.1, 0.15) is 77.9 Å². The molecule has 0 aliphatic heterocycles. The highest BCUT2D eigenvalue weighted by molar-refractivity contribution is 6.39. The van der Waals surface area contributed by atoms with E-state index in [4.69, 9.17) is 23.2 Å². The molecule has 2 aromatic rings. The van der Waals surface area contributed by atoms with E-state index >= 15 is 0 Å². The fourth-order valence-corrected chi connectivity index (χ4v) is 5.90. The zero-order valence-electron chi connectivity index (χ0n) is 21.2. The van der Waals surface area contributed by atoms with Crippen LogP contribution in [-0.4, -0.2) is 61.4 Å². The Hall–Kier alpha value is -2.80. The van der Waals surface area contributed by atoms with E-state index in [1.807, 2.05) is 0 Å². The Morgan fingerprint density at radius 2 is 1.68 bits per heavy atom. The molecule has 0 atom stereocenters. The van der Waals surface area contributed by atoms with Gasteiger partial charge in [-0.25, -0.2) is 8.78 Å². The summed E-state index contributed by atoms with van der Waals surface area (Å²) >= 11 is 12.1. The number of carbonyl (C=O) groups is 3. The first-order valence-corrected chi connectivity index (χ1v) is 13.2. The summed E-state index contributed by atoms with van der Waals surface area (Å²) in [5, 5.41) is 13.0. The Balaban J connectivity index is 1.65. The van der Waals surface area contributed by atoms with Crippen LogP contribution in [0.3, 0.4) is 0 Å². The summed E-state index contributed by atoms with van der Waals surface area (Å²) in [6.07, 6.45) is -2.82. The van der Waals surface area contributed by atoms with E-state index in [-0.39, 0.29) is 41.3 Å². The van der Waals surface area contributed by atoms with E-state index < -0.39 is 84.3 Å². The molecule has 8 nitrogen and oxygen atoms in total. The summed E-state index contributed by atoms with van der Waals surface area (Å²) in [5.41, 5.74) is -3.48. The number of hydrogen-bond acceptors (Lipinski definition) is 5. The predicted octanol–water partition coefficient (Wildman–Crippen LogP) is 6.18. The number of rotatable bonds is 8. The summed E-state index contributed by atoms with van der Waals surface area (Å²) in [4.78, 5) is 42.7. The third kappa shape index (κ3) is 6.09. The Labute approximate surface area is 235 Å². The Morgan fingerprint density at radius 1 is 1.10 bits per heavy atom. The molecule has 0 aromatic carbocycles. The molecular formula is C25H25Cl2F5N4O4. The molecule has 40 heavy (non-hydrogen) atoms. The van der Waals surface area contributed by atoms with Gasteiger partial charge in [-0.3, -0.25) is 24.0 Å².